The Balaban J connectivity index is 2.09. The van der Waals surface area contributed by atoms with E-state index in [4.69, 9.17) is 14.0 Å². The molecule has 0 bridgehead atoms. The van der Waals surface area contributed by atoms with Crippen LogP contribution in [-0.2, 0) is 9.31 Å². The fourth-order valence-electron chi connectivity index (χ4n) is 2.31. The van der Waals surface area contributed by atoms with Crippen molar-refractivity contribution in [2.75, 3.05) is 13.2 Å². The van der Waals surface area contributed by atoms with Crippen LogP contribution in [0.15, 0.2) is 18.2 Å². The normalized spacial score (nSPS) is 27.2. The van der Waals surface area contributed by atoms with Crippen molar-refractivity contribution in [1.29, 1.82) is 0 Å². The molecule has 84 valence electrons. The second-order valence-electron chi connectivity index (χ2n) is 4.27. The van der Waals surface area contributed by atoms with E-state index < -0.39 is 0 Å². The summed E-state index contributed by atoms with van der Waals surface area (Å²) >= 11 is 0. The molecular formula is C11H15BNO3+. The standard InChI is InChI=1S/C11H14BNO3/c1-7-6-14-12-11-8(10(5-13)16-12)3-2-4-9(11)15-7/h2-4,7,10H,5-6,13H2,1H3/p+1. The average molecular weight is 220 g/mol. The van der Waals surface area contributed by atoms with E-state index in [0.717, 1.165) is 16.8 Å². The predicted molar refractivity (Wildman–Crippen MR) is 59.5 cm³/mol. The summed E-state index contributed by atoms with van der Waals surface area (Å²) in [7, 11) is -0.275. The van der Waals surface area contributed by atoms with Gasteiger partial charge < -0.3 is 19.8 Å². The zero-order chi connectivity index (χ0) is 11.1. The molecule has 5 heteroatoms. The first-order chi connectivity index (χ1) is 7.79. The molecule has 2 atom stereocenters. The molecule has 16 heavy (non-hydrogen) atoms. The highest BCUT2D eigenvalue weighted by Gasteiger charge is 2.42. The lowest BCUT2D eigenvalue weighted by Crippen LogP contribution is -2.53. The van der Waals surface area contributed by atoms with Crippen LogP contribution in [0, 0.1) is 0 Å². The van der Waals surface area contributed by atoms with Gasteiger partial charge in [-0.05, 0) is 18.6 Å². The van der Waals surface area contributed by atoms with Gasteiger partial charge in [-0.1, -0.05) is 12.1 Å². The summed E-state index contributed by atoms with van der Waals surface area (Å²) in [5.74, 6) is 0.892. The summed E-state index contributed by atoms with van der Waals surface area (Å²) in [5, 5.41) is 0. The highest BCUT2D eigenvalue weighted by molar-refractivity contribution is 6.64. The number of benzene rings is 1. The lowest BCUT2D eigenvalue weighted by molar-refractivity contribution is -0.383. The molecule has 3 rings (SSSR count). The van der Waals surface area contributed by atoms with Gasteiger partial charge in [-0.25, -0.2) is 0 Å². The topological polar surface area (TPSA) is 55.3 Å². The quantitative estimate of drug-likeness (QED) is 0.648. The molecule has 0 saturated carbocycles. The summed E-state index contributed by atoms with van der Waals surface area (Å²) in [5.41, 5.74) is 6.12. The third kappa shape index (κ3) is 1.43. The van der Waals surface area contributed by atoms with E-state index in [1.54, 1.807) is 0 Å². The monoisotopic (exact) mass is 220 g/mol. The number of ether oxygens (including phenoxy) is 1. The average Bonchev–Trinajstić information content (AvgIpc) is 2.57. The van der Waals surface area contributed by atoms with Crippen molar-refractivity contribution < 1.29 is 19.8 Å². The summed E-state index contributed by atoms with van der Waals surface area (Å²) in [6, 6.07) is 6.05. The first kappa shape index (κ1) is 10.1. The lowest BCUT2D eigenvalue weighted by Gasteiger charge is -2.14. The molecular weight excluding hydrogens is 205 g/mol. The lowest BCUT2D eigenvalue weighted by atomic mass is 9.78. The second kappa shape index (κ2) is 3.77. The molecule has 0 aromatic heterocycles. The Hall–Kier alpha value is -1.04. The molecule has 2 unspecified atom stereocenters. The SMILES string of the molecule is CC1COB2OC(C[NH3+])c3cccc(c32)O1. The molecule has 0 saturated heterocycles. The highest BCUT2D eigenvalue weighted by atomic mass is 16.6. The van der Waals surface area contributed by atoms with Crippen LogP contribution in [-0.4, -0.2) is 26.4 Å². The zero-order valence-corrected chi connectivity index (χ0v) is 9.31. The van der Waals surface area contributed by atoms with Crippen molar-refractivity contribution in [2.24, 2.45) is 0 Å². The molecule has 0 fully saturated rings. The molecule has 2 aliphatic rings. The Morgan fingerprint density at radius 2 is 2.38 bits per heavy atom. The second-order valence-corrected chi connectivity index (χ2v) is 4.27. The van der Waals surface area contributed by atoms with Crippen LogP contribution >= 0.6 is 0 Å². The number of quaternary nitrogens is 1. The van der Waals surface area contributed by atoms with Gasteiger partial charge in [-0.2, -0.15) is 0 Å². The molecule has 1 aromatic carbocycles. The molecule has 0 spiro atoms. The highest BCUT2D eigenvalue weighted by Crippen LogP contribution is 2.29. The van der Waals surface area contributed by atoms with Gasteiger partial charge in [0, 0.05) is 5.46 Å². The molecule has 0 amide bonds. The number of hydrogen-bond donors (Lipinski definition) is 1. The summed E-state index contributed by atoms with van der Waals surface area (Å²) in [6.45, 7) is 3.27. The van der Waals surface area contributed by atoms with Gasteiger partial charge in [0.2, 0.25) is 0 Å². The van der Waals surface area contributed by atoms with Crippen LogP contribution < -0.4 is 15.9 Å². The van der Waals surface area contributed by atoms with Crippen LogP contribution in [0.5, 0.6) is 5.75 Å². The Labute approximate surface area is 94.8 Å². The molecule has 4 nitrogen and oxygen atoms in total. The third-order valence-electron chi connectivity index (χ3n) is 3.04. The van der Waals surface area contributed by atoms with Gasteiger partial charge in [0.1, 0.15) is 24.5 Å². The van der Waals surface area contributed by atoms with E-state index in [0.29, 0.717) is 13.2 Å². The smallest absolute Gasteiger partial charge is 0.489 e. The number of rotatable bonds is 1. The molecule has 2 heterocycles. The summed E-state index contributed by atoms with van der Waals surface area (Å²) in [6.07, 6.45) is 0.107. The van der Waals surface area contributed by atoms with Gasteiger partial charge in [-0.15, -0.1) is 0 Å². The molecule has 1 aromatic rings. The summed E-state index contributed by atoms with van der Waals surface area (Å²) in [4.78, 5) is 0. The van der Waals surface area contributed by atoms with E-state index in [2.05, 4.69) is 11.8 Å². The minimum absolute atomic E-state index is 0.0388. The van der Waals surface area contributed by atoms with Crippen LogP contribution in [0.3, 0.4) is 0 Å². The van der Waals surface area contributed by atoms with Gasteiger partial charge in [0.15, 0.2) is 0 Å². The van der Waals surface area contributed by atoms with Crippen LogP contribution in [0.2, 0.25) is 0 Å². The van der Waals surface area contributed by atoms with Crippen molar-refractivity contribution in [3.63, 3.8) is 0 Å². The van der Waals surface area contributed by atoms with Crippen LogP contribution in [0.4, 0.5) is 0 Å². The fraction of sp³-hybridized carbons (Fsp3) is 0.455. The Kier molecular flexibility index (Phi) is 2.39. The van der Waals surface area contributed by atoms with Gasteiger partial charge in [0.05, 0.1) is 6.61 Å². The van der Waals surface area contributed by atoms with Crippen molar-refractivity contribution in [3.8, 4) is 5.75 Å². The van der Waals surface area contributed by atoms with Crippen molar-refractivity contribution in [3.05, 3.63) is 23.8 Å². The molecule has 3 N–H and O–H groups in total. The Morgan fingerprint density at radius 1 is 1.50 bits per heavy atom. The Bertz CT molecular complexity index is 412. The fourth-order valence-corrected chi connectivity index (χ4v) is 2.31. The van der Waals surface area contributed by atoms with Gasteiger partial charge in [-0.3, -0.25) is 0 Å². The molecule has 0 aliphatic carbocycles. The van der Waals surface area contributed by atoms with Crippen molar-refractivity contribution in [1.82, 2.24) is 0 Å². The molecule has 0 radical (unpaired) electrons. The van der Waals surface area contributed by atoms with E-state index in [-0.39, 0.29) is 19.3 Å². The maximum Gasteiger partial charge on any atom is 0.498 e. The minimum atomic E-state index is -0.275. The van der Waals surface area contributed by atoms with E-state index >= 15 is 0 Å². The predicted octanol–water partition coefficient (Wildman–Crippen LogP) is -0.507. The van der Waals surface area contributed by atoms with E-state index in [1.807, 2.05) is 19.1 Å². The third-order valence-corrected chi connectivity index (χ3v) is 3.04. The number of hydrogen-bond acceptors (Lipinski definition) is 3. The van der Waals surface area contributed by atoms with E-state index in [1.165, 1.54) is 0 Å². The van der Waals surface area contributed by atoms with Gasteiger partial charge >= 0.3 is 7.12 Å². The van der Waals surface area contributed by atoms with Crippen molar-refractivity contribution in [2.45, 2.75) is 19.1 Å². The first-order valence-corrected chi connectivity index (χ1v) is 5.65. The van der Waals surface area contributed by atoms with Crippen molar-refractivity contribution >= 4 is 12.6 Å². The maximum absolute atomic E-state index is 5.83. The van der Waals surface area contributed by atoms with Gasteiger partial charge in [0.25, 0.3) is 0 Å². The van der Waals surface area contributed by atoms with Crippen LogP contribution in [0.25, 0.3) is 0 Å². The zero-order valence-electron chi connectivity index (χ0n) is 9.31. The first-order valence-electron chi connectivity index (χ1n) is 5.65. The van der Waals surface area contributed by atoms with Crippen LogP contribution in [0.1, 0.15) is 18.6 Å². The largest absolute Gasteiger partial charge is 0.498 e. The van der Waals surface area contributed by atoms with E-state index in [9.17, 15) is 0 Å². The molecule has 2 aliphatic heterocycles. The maximum atomic E-state index is 5.83. The summed E-state index contributed by atoms with van der Waals surface area (Å²) < 4.78 is 17.3. The Morgan fingerprint density at radius 3 is 3.19 bits per heavy atom. The minimum Gasteiger partial charge on any atom is -0.489 e.